The summed E-state index contributed by atoms with van der Waals surface area (Å²) in [4.78, 5) is 7.98. The molecule has 0 unspecified atom stereocenters. The Kier molecular flexibility index (Phi) is 2.68. The molecule has 2 heterocycles. The molecule has 0 aliphatic carbocycles. The highest BCUT2D eigenvalue weighted by atomic mass is 35.5. The Bertz CT molecular complexity index is 728. The highest BCUT2D eigenvalue weighted by molar-refractivity contribution is 6.31. The van der Waals surface area contributed by atoms with Crippen LogP contribution in [0.25, 0.3) is 22.0 Å². The van der Waals surface area contributed by atoms with Crippen molar-refractivity contribution in [1.82, 2.24) is 9.97 Å². The van der Waals surface area contributed by atoms with Gasteiger partial charge in [0.2, 0.25) is 0 Å². The van der Waals surface area contributed by atoms with Crippen LogP contribution in [0.1, 0.15) is 0 Å². The first kappa shape index (κ1) is 11.1. The van der Waals surface area contributed by atoms with Gasteiger partial charge in [0.05, 0.1) is 11.7 Å². The average molecular weight is 259 g/mol. The molecule has 0 spiro atoms. The predicted octanol–water partition coefficient (Wildman–Crippen LogP) is 4.09. The molecule has 0 saturated carbocycles. The zero-order chi connectivity index (χ0) is 12.5. The molecule has 0 aliphatic rings. The van der Waals surface area contributed by atoms with Crippen LogP contribution in [-0.4, -0.2) is 9.97 Å². The molecular formula is C14H8ClFN2. The maximum Gasteiger partial charge on any atom is 0.149 e. The molecule has 0 amide bonds. The first-order valence-electron chi connectivity index (χ1n) is 5.40. The van der Waals surface area contributed by atoms with E-state index in [1.807, 2.05) is 12.1 Å². The summed E-state index contributed by atoms with van der Waals surface area (Å²) in [7, 11) is 0. The Morgan fingerprint density at radius 2 is 1.94 bits per heavy atom. The Morgan fingerprint density at radius 1 is 1.06 bits per heavy atom. The van der Waals surface area contributed by atoms with Gasteiger partial charge in [0.15, 0.2) is 0 Å². The molecule has 0 bridgehead atoms. The monoisotopic (exact) mass is 258 g/mol. The standard InChI is InChI=1S/C14H8ClFN2/c15-9-6-12(10-3-5-17-8-13(10)16)11-2-1-4-18-14(11)7-9/h1-8H. The van der Waals surface area contributed by atoms with Gasteiger partial charge in [-0.1, -0.05) is 17.7 Å². The third-order valence-corrected chi connectivity index (χ3v) is 2.97. The molecular weight excluding hydrogens is 251 g/mol. The minimum atomic E-state index is -0.370. The van der Waals surface area contributed by atoms with E-state index in [2.05, 4.69) is 9.97 Å². The van der Waals surface area contributed by atoms with Crippen molar-refractivity contribution in [2.75, 3.05) is 0 Å². The molecule has 4 heteroatoms. The molecule has 0 fully saturated rings. The van der Waals surface area contributed by atoms with Crippen molar-refractivity contribution in [2.24, 2.45) is 0 Å². The van der Waals surface area contributed by atoms with Gasteiger partial charge in [0, 0.05) is 28.4 Å². The summed E-state index contributed by atoms with van der Waals surface area (Å²) < 4.78 is 13.8. The normalized spacial score (nSPS) is 10.8. The lowest BCUT2D eigenvalue weighted by atomic mass is 10.0. The fraction of sp³-hybridized carbons (Fsp3) is 0. The van der Waals surface area contributed by atoms with E-state index < -0.39 is 0 Å². The van der Waals surface area contributed by atoms with Crippen molar-refractivity contribution >= 4 is 22.5 Å². The molecule has 2 aromatic heterocycles. The minimum absolute atomic E-state index is 0.370. The summed E-state index contributed by atoms with van der Waals surface area (Å²) in [6.45, 7) is 0. The first-order chi connectivity index (χ1) is 8.75. The smallest absolute Gasteiger partial charge is 0.149 e. The lowest BCUT2D eigenvalue weighted by molar-refractivity contribution is 0.625. The average Bonchev–Trinajstić information content (AvgIpc) is 2.38. The predicted molar refractivity (Wildman–Crippen MR) is 69.9 cm³/mol. The maximum atomic E-state index is 13.8. The second-order valence-corrected chi connectivity index (χ2v) is 4.32. The van der Waals surface area contributed by atoms with Crippen LogP contribution in [0.4, 0.5) is 4.39 Å². The lowest BCUT2D eigenvalue weighted by Crippen LogP contribution is -1.88. The molecule has 18 heavy (non-hydrogen) atoms. The molecule has 0 radical (unpaired) electrons. The van der Waals surface area contributed by atoms with E-state index in [0.717, 1.165) is 16.5 Å². The van der Waals surface area contributed by atoms with Gasteiger partial charge in [0.1, 0.15) is 5.82 Å². The zero-order valence-corrected chi connectivity index (χ0v) is 10.0. The number of halogens is 2. The van der Waals surface area contributed by atoms with Crippen molar-refractivity contribution in [1.29, 1.82) is 0 Å². The van der Waals surface area contributed by atoms with Crippen molar-refractivity contribution in [3.05, 3.63) is 59.8 Å². The van der Waals surface area contributed by atoms with E-state index in [1.54, 1.807) is 30.6 Å². The van der Waals surface area contributed by atoms with Crippen molar-refractivity contribution in [3.63, 3.8) is 0 Å². The Morgan fingerprint density at radius 3 is 2.78 bits per heavy atom. The number of aromatic nitrogens is 2. The van der Waals surface area contributed by atoms with Gasteiger partial charge in [-0.15, -0.1) is 0 Å². The highest BCUT2D eigenvalue weighted by Gasteiger charge is 2.10. The van der Waals surface area contributed by atoms with Crippen LogP contribution in [0.3, 0.4) is 0 Å². The summed E-state index contributed by atoms with van der Waals surface area (Å²) in [5.74, 6) is -0.370. The van der Waals surface area contributed by atoms with Crippen molar-refractivity contribution in [3.8, 4) is 11.1 Å². The summed E-state index contributed by atoms with van der Waals surface area (Å²) in [5, 5.41) is 1.40. The minimum Gasteiger partial charge on any atom is -0.262 e. The summed E-state index contributed by atoms with van der Waals surface area (Å²) in [6, 6.07) is 8.85. The summed E-state index contributed by atoms with van der Waals surface area (Å²) >= 11 is 6.05. The van der Waals surface area contributed by atoms with Crippen molar-refractivity contribution in [2.45, 2.75) is 0 Å². The van der Waals surface area contributed by atoms with Crippen molar-refractivity contribution < 1.29 is 4.39 Å². The van der Waals surface area contributed by atoms with Crippen LogP contribution in [-0.2, 0) is 0 Å². The highest BCUT2D eigenvalue weighted by Crippen LogP contribution is 2.32. The zero-order valence-electron chi connectivity index (χ0n) is 9.27. The van der Waals surface area contributed by atoms with Crippen LogP contribution < -0.4 is 0 Å². The van der Waals surface area contributed by atoms with Gasteiger partial charge in [-0.3, -0.25) is 9.97 Å². The van der Waals surface area contributed by atoms with Crippen LogP contribution in [0.15, 0.2) is 48.9 Å². The number of hydrogen-bond acceptors (Lipinski definition) is 2. The van der Waals surface area contributed by atoms with E-state index >= 15 is 0 Å². The summed E-state index contributed by atoms with van der Waals surface area (Å²) in [5.41, 5.74) is 1.95. The van der Waals surface area contributed by atoms with Gasteiger partial charge in [-0.05, 0) is 29.8 Å². The topological polar surface area (TPSA) is 25.8 Å². The number of rotatable bonds is 1. The van der Waals surface area contributed by atoms with Gasteiger partial charge in [0.25, 0.3) is 0 Å². The van der Waals surface area contributed by atoms with E-state index in [4.69, 9.17) is 11.6 Å². The molecule has 0 aliphatic heterocycles. The third kappa shape index (κ3) is 1.83. The van der Waals surface area contributed by atoms with Gasteiger partial charge >= 0.3 is 0 Å². The molecule has 2 nitrogen and oxygen atoms in total. The number of nitrogens with zero attached hydrogens (tertiary/aromatic N) is 2. The molecule has 1 aromatic carbocycles. The van der Waals surface area contributed by atoms with E-state index in [0.29, 0.717) is 10.6 Å². The van der Waals surface area contributed by atoms with Gasteiger partial charge in [-0.2, -0.15) is 0 Å². The second-order valence-electron chi connectivity index (χ2n) is 3.88. The molecule has 3 aromatic rings. The van der Waals surface area contributed by atoms with Crippen LogP contribution in [0.5, 0.6) is 0 Å². The van der Waals surface area contributed by atoms with Crippen LogP contribution in [0, 0.1) is 5.82 Å². The largest absolute Gasteiger partial charge is 0.262 e. The molecule has 0 atom stereocenters. The van der Waals surface area contributed by atoms with Gasteiger partial charge < -0.3 is 0 Å². The Labute approximate surface area is 108 Å². The SMILES string of the molecule is Fc1cnccc1-c1cc(Cl)cc2ncccc12. The fourth-order valence-corrected chi connectivity index (χ4v) is 2.18. The Hall–Kier alpha value is -2.00. The summed E-state index contributed by atoms with van der Waals surface area (Å²) in [6.07, 6.45) is 4.44. The fourth-order valence-electron chi connectivity index (χ4n) is 1.96. The second kappa shape index (κ2) is 4.35. The molecule has 3 rings (SSSR count). The lowest BCUT2D eigenvalue weighted by Gasteiger charge is -2.07. The quantitative estimate of drug-likeness (QED) is 0.657. The van der Waals surface area contributed by atoms with E-state index in [-0.39, 0.29) is 5.82 Å². The maximum absolute atomic E-state index is 13.8. The number of benzene rings is 1. The van der Waals surface area contributed by atoms with Crippen LogP contribution >= 0.6 is 11.6 Å². The Balaban J connectivity index is 2.39. The molecule has 88 valence electrons. The number of fused-ring (bicyclic) bond motifs is 1. The number of hydrogen-bond donors (Lipinski definition) is 0. The molecule has 0 N–H and O–H groups in total. The number of pyridine rings is 2. The van der Waals surface area contributed by atoms with Gasteiger partial charge in [-0.25, -0.2) is 4.39 Å². The molecule has 0 saturated heterocycles. The first-order valence-corrected chi connectivity index (χ1v) is 5.77. The third-order valence-electron chi connectivity index (χ3n) is 2.75. The van der Waals surface area contributed by atoms with E-state index in [9.17, 15) is 4.39 Å². The van der Waals surface area contributed by atoms with E-state index in [1.165, 1.54) is 6.20 Å². The van der Waals surface area contributed by atoms with Crippen LogP contribution in [0.2, 0.25) is 5.02 Å².